The maximum absolute atomic E-state index is 11.6. The van der Waals surface area contributed by atoms with Crippen LogP contribution in [0.1, 0.15) is 37.6 Å². The molecule has 0 bridgehead atoms. The minimum Gasteiger partial charge on any atom is -0.484 e. The minimum atomic E-state index is -0.367. The van der Waals surface area contributed by atoms with Crippen LogP contribution in [0.25, 0.3) is 0 Å². The third kappa shape index (κ3) is 6.88. The summed E-state index contributed by atoms with van der Waals surface area (Å²) in [5, 5.41) is 3.78. The molecule has 1 N–H and O–H groups in total. The number of carbonyl (C=O) groups excluding carboxylic acids is 2. The number of nitrogens with one attached hydrogen (secondary N) is 1. The van der Waals surface area contributed by atoms with E-state index in [9.17, 15) is 9.59 Å². The van der Waals surface area contributed by atoms with Crippen molar-refractivity contribution in [3.05, 3.63) is 29.8 Å². The van der Waals surface area contributed by atoms with Crippen LogP contribution in [0, 0.1) is 5.92 Å². The summed E-state index contributed by atoms with van der Waals surface area (Å²) >= 11 is 0. The highest BCUT2D eigenvalue weighted by Gasteiger charge is 2.07. The molecule has 0 saturated carbocycles. The van der Waals surface area contributed by atoms with E-state index in [1.54, 1.807) is 30.5 Å². The lowest BCUT2D eigenvalue weighted by Crippen LogP contribution is -2.24. The van der Waals surface area contributed by atoms with E-state index >= 15 is 0 Å². The average molecular weight is 306 g/mol. The molecule has 0 radical (unpaired) electrons. The van der Waals surface area contributed by atoms with E-state index in [1.807, 2.05) is 20.8 Å². The van der Waals surface area contributed by atoms with Gasteiger partial charge in [0.05, 0.1) is 12.2 Å². The van der Waals surface area contributed by atoms with Crippen molar-refractivity contribution in [1.82, 2.24) is 5.43 Å². The highest BCUT2D eigenvalue weighted by atomic mass is 16.5. The summed E-state index contributed by atoms with van der Waals surface area (Å²) in [5.41, 5.74) is 2.82. The zero-order valence-corrected chi connectivity index (χ0v) is 13.2. The van der Waals surface area contributed by atoms with Crippen LogP contribution in [0.4, 0.5) is 0 Å². The van der Waals surface area contributed by atoms with Crippen molar-refractivity contribution in [1.29, 1.82) is 0 Å². The number of amides is 1. The molecule has 1 rings (SSSR count). The molecule has 22 heavy (non-hydrogen) atoms. The second-order valence-electron chi connectivity index (χ2n) is 5.01. The lowest BCUT2D eigenvalue weighted by molar-refractivity contribution is -0.123. The van der Waals surface area contributed by atoms with Crippen molar-refractivity contribution in [2.24, 2.45) is 11.0 Å². The normalized spacial score (nSPS) is 10.7. The minimum absolute atomic E-state index is 0.144. The van der Waals surface area contributed by atoms with Gasteiger partial charge in [0.15, 0.2) is 6.61 Å². The molecule has 0 fully saturated rings. The maximum Gasteiger partial charge on any atom is 0.338 e. The van der Waals surface area contributed by atoms with Crippen molar-refractivity contribution >= 4 is 18.1 Å². The van der Waals surface area contributed by atoms with Crippen molar-refractivity contribution in [2.45, 2.75) is 27.2 Å². The first kappa shape index (κ1) is 17.7. The van der Waals surface area contributed by atoms with Crippen LogP contribution in [-0.4, -0.2) is 31.3 Å². The van der Waals surface area contributed by atoms with Gasteiger partial charge in [-0.25, -0.2) is 10.2 Å². The number of carbonyl (C=O) groups is 2. The van der Waals surface area contributed by atoms with Crippen LogP contribution in [0.5, 0.6) is 5.75 Å². The summed E-state index contributed by atoms with van der Waals surface area (Å²) in [7, 11) is 0. The summed E-state index contributed by atoms with van der Waals surface area (Å²) < 4.78 is 10.3. The van der Waals surface area contributed by atoms with Crippen LogP contribution in [0.2, 0.25) is 0 Å². The fourth-order valence-corrected chi connectivity index (χ4v) is 1.40. The number of rotatable bonds is 8. The number of hydrogen-bond donors (Lipinski definition) is 1. The van der Waals surface area contributed by atoms with Gasteiger partial charge in [-0.2, -0.15) is 5.10 Å². The quantitative estimate of drug-likeness (QED) is 0.454. The summed E-state index contributed by atoms with van der Waals surface area (Å²) in [4.78, 5) is 23.1. The van der Waals surface area contributed by atoms with Crippen LogP contribution in [0.3, 0.4) is 0 Å². The third-order valence-electron chi connectivity index (χ3n) is 2.46. The Morgan fingerprint density at radius 2 is 1.95 bits per heavy atom. The Bertz CT molecular complexity index is 509. The van der Waals surface area contributed by atoms with Gasteiger partial charge in [0.1, 0.15) is 5.75 Å². The molecule has 1 aromatic carbocycles. The number of hydrogen-bond acceptors (Lipinski definition) is 5. The molecule has 120 valence electrons. The molecular weight excluding hydrogens is 284 g/mol. The molecule has 1 amide bonds. The van der Waals surface area contributed by atoms with E-state index in [0.717, 1.165) is 6.42 Å². The number of ether oxygens (including phenoxy) is 2. The summed E-state index contributed by atoms with van der Waals surface area (Å²) in [6.45, 7) is 6.10. The average Bonchev–Trinajstić information content (AvgIpc) is 2.50. The largest absolute Gasteiger partial charge is 0.484 e. The fourth-order valence-electron chi connectivity index (χ4n) is 1.40. The Morgan fingerprint density at radius 1 is 1.27 bits per heavy atom. The fraction of sp³-hybridized carbons (Fsp3) is 0.438. The topological polar surface area (TPSA) is 77.0 Å². The van der Waals surface area contributed by atoms with Gasteiger partial charge in [-0.05, 0) is 36.6 Å². The summed E-state index contributed by atoms with van der Waals surface area (Å²) in [6.07, 6.45) is 2.41. The molecule has 0 aliphatic rings. The van der Waals surface area contributed by atoms with E-state index in [0.29, 0.717) is 17.9 Å². The first-order valence-electron chi connectivity index (χ1n) is 7.25. The van der Waals surface area contributed by atoms with Gasteiger partial charge in [-0.3, -0.25) is 4.79 Å². The summed E-state index contributed by atoms with van der Waals surface area (Å²) in [6, 6.07) is 6.44. The van der Waals surface area contributed by atoms with Gasteiger partial charge in [0, 0.05) is 6.21 Å². The molecule has 0 unspecified atom stereocenters. The SMILES string of the molecule is CCCOC(=O)c1ccc(OCC(=O)N/N=C/C(C)C)cc1. The Morgan fingerprint density at radius 3 is 2.55 bits per heavy atom. The molecular formula is C16H22N2O4. The van der Waals surface area contributed by atoms with E-state index in [1.165, 1.54) is 0 Å². The molecule has 6 heteroatoms. The van der Waals surface area contributed by atoms with Crippen LogP contribution < -0.4 is 10.2 Å². The lowest BCUT2D eigenvalue weighted by Gasteiger charge is -2.06. The Kier molecular flexibility index (Phi) is 7.67. The molecule has 6 nitrogen and oxygen atoms in total. The first-order chi connectivity index (χ1) is 10.5. The molecule has 0 saturated heterocycles. The van der Waals surface area contributed by atoms with E-state index in [2.05, 4.69) is 10.5 Å². The van der Waals surface area contributed by atoms with Crippen molar-refractivity contribution in [2.75, 3.05) is 13.2 Å². The zero-order valence-electron chi connectivity index (χ0n) is 13.2. The predicted octanol–water partition coefficient (Wildman–Crippen LogP) is 2.39. The Balaban J connectivity index is 2.41. The number of benzene rings is 1. The second-order valence-corrected chi connectivity index (χ2v) is 5.01. The highest BCUT2D eigenvalue weighted by Crippen LogP contribution is 2.13. The molecule has 1 aromatic rings. The molecule has 0 aromatic heterocycles. The van der Waals surface area contributed by atoms with Gasteiger partial charge in [0.2, 0.25) is 0 Å². The molecule has 0 spiro atoms. The van der Waals surface area contributed by atoms with Gasteiger partial charge in [-0.15, -0.1) is 0 Å². The first-order valence-corrected chi connectivity index (χ1v) is 7.25. The highest BCUT2D eigenvalue weighted by molar-refractivity contribution is 5.89. The van der Waals surface area contributed by atoms with Crippen LogP contribution >= 0.6 is 0 Å². The standard InChI is InChI=1S/C16H22N2O4/c1-4-9-21-16(20)13-5-7-14(8-6-13)22-11-15(19)18-17-10-12(2)3/h5-8,10,12H,4,9,11H2,1-3H3,(H,18,19)/b17-10+. The van der Waals surface area contributed by atoms with Crippen molar-refractivity contribution in [3.63, 3.8) is 0 Å². The van der Waals surface area contributed by atoms with Crippen LogP contribution in [0.15, 0.2) is 29.4 Å². The molecule has 0 aliphatic heterocycles. The lowest BCUT2D eigenvalue weighted by atomic mass is 10.2. The third-order valence-corrected chi connectivity index (χ3v) is 2.46. The van der Waals surface area contributed by atoms with Gasteiger partial charge in [0.25, 0.3) is 5.91 Å². The number of esters is 1. The smallest absolute Gasteiger partial charge is 0.338 e. The predicted molar refractivity (Wildman–Crippen MR) is 84.0 cm³/mol. The van der Waals surface area contributed by atoms with Gasteiger partial charge < -0.3 is 9.47 Å². The van der Waals surface area contributed by atoms with Crippen LogP contribution in [-0.2, 0) is 9.53 Å². The van der Waals surface area contributed by atoms with E-state index < -0.39 is 0 Å². The Hall–Kier alpha value is -2.37. The molecule has 0 heterocycles. The van der Waals surface area contributed by atoms with Crippen molar-refractivity contribution in [3.8, 4) is 5.75 Å². The van der Waals surface area contributed by atoms with Crippen molar-refractivity contribution < 1.29 is 19.1 Å². The monoisotopic (exact) mass is 306 g/mol. The van der Waals surface area contributed by atoms with Gasteiger partial charge >= 0.3 is 5.97 Å². The van der Waals surface area contributed by atoms with Gasteiger partial charge in [-0.1, -0.05) is 20.8 Å². The zero-order chi connectivity index (χ0) is 16.4. The number of hydrazone groups is 1. The molecule has 0 aliphatic carbocycles. The van der Waals surface area contributed by atoms with E-state index in [-0.39, 0.29) is 24.4 Å². The number of nitrogens with zero attached hydrogens (tertiary/aromatic N) is 1. The molecule has 0 atom stereocenters. The Labute approximate surface area is 130 Å². The summed E-state index contributed by atoms with van der Waals surface area (Å²) in [5.74, 6) is 0.0498. The maximum atomic E-state index is 11.6. The van der Waals surface area contributed by atoms with E-state index in [4.69, 9.17) is 9.47 Å². The second kappa shape index (κ2) is 9.55.